The van der Waals surface area contributed by atoms with Gasteiger partial charge in [0.15, 0.2) is 5.82 Å². The number of piperazine rings is 1. The van der Waals surface area contributed by atoms with Gasteiger partial charge < -0.3 is 19.6 Å². The minimum absolute atomic E-state index is 0.140. The first kappa shape index (κ1) is 14.5. The highest BCUT2D eigenvalue weighted by Crippen LogP contribution is 2.08. The van der Waals surface area contributed by atoms with E-state index in [9.17, 15) is 9.59 Å². The summed E-state index contributed by atoms with van der Waals surface area (Å²) in [5.41, 5.74) is 0. The summed E-state index contributed by atoms with van der Waals surface area (Å²) >= 11 is 0. The van der Waals surface area contributed by atoms with E-state index < -0.39 is 0 Å². The summed E-state index contributed by atoms with van der Waals surface area (Å²) in [5.74, 6) is 0.457. The van der Waals surface area contributed by atoms with Crippen LogP contribution in [-0.4, -0.2) is 59.5 Å². The molecule has 0 atom stereocenters. The number of carbonyl (C=O) groups is 2. The van der Waals surface area contributed by atoms with Crippen molar-refractivity contribution >= 4 is 17.6 Å². The average molecular weight is 280 g/mol. The van der Waals surface area contributed by atoms with E-state index in [1.54, 1.807) is 17.9 Å². The van der Waals surface area contributed by atoms with E-state index in [1.165, 1.54) is 0 Å². The zero-order chi connectivity index (χ0) is 14.5. The molecule has 2 amide bonds. The number of rotatable bonds is 4. The Morgan fingerprint density at radius 2 is 2.05 bits per heavy atom. The standard InChI is InChI=1S/C13H20N4O3/c1-3-16-4-6-17(7-5-16)13(19)9-12(18)14-11-8-10(2)20-15-11/h8H,3-7,9H2,1-2H3,(H,14,15,18). The fourth-order valence-electron chi connectivity index (χ4n) is 2.18. The third kappa shape index (κ3) is 3.80. The predicted molar refractivity (Wildman–Crippen MR) is 73.2 cm³/mol. The Labute approximate surface area is 117 Å². The lowest BCUT2D eigenvalue weighted by Crippen LogP contribution is -2.49. The predicted octanol–water partition coefficient (Wildman–Crippen LogP) is 0.476. The van der Waals surface area contributed by atoms with Gasteiger partial charge in [-0.05, 0) is 13.5 Å². The zero-order valence-corrected chi connectivity index (χ0v) is 11.9. The lowest BCUT2D eigenvalue weighted by atomic mass is 10.2. The number of nitrogens with one attached hydrogen (secondary N) is 1. The normalized spacial score (nSPS) is 16.2. The Morgan fingerprint density at radius 3 is 2.60 bits per heavy atom. The van der Waals surface area contributed by atoms with E-state index >= 15 is 0 Å². The van der Waals surface area contributed by atoms with Gasteiger partial charge >= 0.3 is 0 Å². The van der Waals surface area contributed by atoms with E-state index in [0.29, 0.717) is 24.7 Å². The molecular formula is C13H20N4O3. The Morgan fingerprint density at radius 1 is 1.35 bits per heavy atom. The van der Waals surface area contributed by atoms with E-state index in [-0.39, 0.29) is 18.2 Å². The molecule has 1 aliphatic heterocycles. The molecule has 1 aliphatic rings. The van der Waals surface area contributed by atoms with Gasteiger partial charge in [-0.15, -0.1) is 0 Å². The van der Waals surface area contributed by atoms with Gasteiger partial charge in [-0.3, -0.25) is 9.59 Å². The molecule has 1 N–H and O–H groups in total. The second-order valence-corrected chi connectivity index (χ2v) is 4.86. The molecule has 0 saturated carbocycles. The molecule has 7 heteroatoms. The van der Waals surface area contributed by atoms with Crippen molar-refractivity contribution in [1.29, 1.82) is 0 Å². The number of hydrogen-bond donors (Lipinski definition) is 1. The summed E-state index contributed by atoms with van der Waals surface area (Å²) in [7, 11) is 0. The van der Waals surface area contributed by atoms with Gasteiger partial charge in [0, 0.05) is 32.2 Å². The van der Waals surface area contributed by atoms with Crippen LogP contribution in [-0.2, 0) is 9.59 Å². The van der Waals surface area contributed by atoms with Gasteiger partial charge in [-0.1, -0.05) is 12.1 Å². The number of likely N-dealkylation sites (N-methyl/N-ethyl adjacent to an activating group) is 1. The van der Waals surface area contributed by atoms with Crippen LogP contribution in [0.4, 0.5) is 5.82 Å². The summed E-state index contributed by atoms with van der Waals surface area (Å²) < 4.78 is 4.85. The SMILES string of the molecule is CCN1CCN(C(=O)CC(=O)Nc2cc(C)on2)CC1. The monoisotopic (exact) mass is 280 g/mol. The van der Waals surface area contributed by atoms with Crippen molar-refractivity contribution in [2.45, 2.75) is 20.3 Å². The van der Waals surface area contributed by atoms with Crippen LogP contribution in [0.2, 0.25) is 0 Å². The molecule has 2 heterocycles. The van der Waals surface area contributed by atoms with Crippen LogP contribution < -0.4 is 5.32 Å². The van der Waals surface area contributed by atoms with Gasteiger partial charge in [-0.2, -0.15) is 0 Å². The van der Waals surface area contributed by atoms with Crippen molar-refractivity contribution in [3.63, 3.8) is 0 Å². The Kier molecular flexibility index (Phi) is 4.73. The van der Waals surface area contributed by atoms with Gasteiger partial charge in [-0.25, -0.2) is 0 Å². The number of nitrogens with zero attached hydrogens (tertiary/aromatic N) is 3. The van der Waals surface area contributed by atoms with Crippen LogP contribution in [0.25, 0.3) is 0 Å². The molecule has 7 nitrogen and oxygen atoms in total. The smallest absolute Gasteiger partial charge is 0.235 e. The molecule has 0 unspecified atom stereocenters. The zero-order valence-electron chi connectivity index (χ0n) is 11.9. The summed E-state index contributed by atoms with van der Waals surface area (Å²) in [6, 6.07) is 1.61. The topological polar surface area (TPSA) is 78.7 Å². The highest BCUT2D eigenvalue weighted by atomic mass is 16.5. The van der Waals surface area contributed by atoms with Crippen molar-refractivity contribution in [3.05, 3.63) is 11.8 Å². The van der Waals surface area contributed by atoms with Crippen LogP contribution in [0, 0.1) is 6.92 Å². The molecule has 0 bridgehead atoms. The summed E-state index contributed by atoms with van der Waals surface area (Å²) in [6.07, 6.45) is -0.155. The van der Waals surface area contributed by atoms with E-state index in [0.717, 1.165) is 19.6 Å². The quantitative estimate of drug-likeness (QED) is 0.811. The first-order valence-electron chi connectivity index (χ1n) is 6.81. The van der Waals surface area contributed by atoms with Crippen molar-refractivity contribution in [2.24, 2.45) is 0 Å². The Balaban J connectivity index is 1.78. The fourth-order valence-corrected chi connectivity index (χ4v) is 2.18. The number of hydrogen-bond acceptors (Lipinski definition) is 5. The largest absolute Gasteiger partial charge is 0.360 e. The van der Waals surface area contributed by atoms with Crippen molar-refractivity contribution < 1.29 is 14.1 Å². The van der Waals surface area contributed by atoms with Crippen molar-refractivity contribution in [2.75, 3.05) is 38.0 Å². The maximum absolute atomic E-state index is 12.0. The maximum atomic E-state index is 12.0. The summed E-state index contributed by atoms with van der Waals surface area (Å²) in [5, 5.41) is 6.21. The average Bonchev–Trinajstić information content (AvgIpc) is 2.84. The lowest BCUT2D eigenvalue weighted by Gasteiger charge is -2.33. The maximum Gasteiger partial charge on any atom is 0.235 e. The molecular weight excluding hydrogens is 260 g/mol. The number of carbonyl (C=O) groups excluding carboxylic acids is 2. The molecule has 20 heavy (non-hydrogen) atoms. The van der Waals surface area contributed by atoms with Crippen LogP contribution in [0.3, 0.4) is 0 Å². The lowest BCUT2D eigenvalue weighted by molar-refractivity contribution is -0.136. The summed E-state index contributed by atoms with van der Waals surface area (Å²) in [6.45, 7) is 7.94. The third-order valence-electron chi connectivity index (χ3n) is 3.38. The second-order valence-electron chi connectivity index (χ2n) is 4.86. The minimum atomic E-state index is -0.360. The number of aromatic nitrogens is 1. The molecule has 2 rings (SSSR count). The Hall–Kier alpha value is -1.89. The second kappa shape index (κ2) is 6.51. The van der Waals surface area contributed by atoms with E-state index in [4.69, 9.17) is 4.52 Å². The highest BCUT2D eigenvalue weighted by molar-refractivity contribution is 6.03. The Bertz CT molecular complexity index is 478. The molecule has 110 valence electrons. The molecule has 1 aromatic rings. The summed E-state index contributed by atoms with van der Waals surface area (Å²) in [4.78, 5) is 27.8. The molecule has 0 aromatic carbocycles. The highest BCUT2D eigenvalue weighted by Gasteiger charge is 2.22. The van der Waals surface area contributed by atoms with E-state index in [1.807, 2.05) is 0 Å². The minimum Gasteiger partial charge on any atom is -0.360 e. The molecule has 0 aliphatic carbocycles. The third-order valence-corrected chi connectivity index (χ3v) is 3.38. The number of anilines is 1. The molecule has 0 spiro atoms. The fraction of sp³-hybridized carbons (Fsp3) is 0.615. The first-order chi connectivity index (χ1) is 9.58. The van der Waals surface area contributed by atoms with Crippen LogP contribution in [0.1, 0.15) is 19.1 Å². The van der Waals surface area contributed by atoms with Crippen LogP contribution in [0.5, 0.6) is 0 Å². The molecule has 1 aromatic heterocycles. The van der Waals surface area contributed by atoms with Crippen LogP contribution >= 0.6 is 0 Å². The van der Waals surface area contributed by atoms with Gasteiger partial charge in [0.25, 0.3) is 0 Å². The molecule has 1 fully saturated rings. The first-order valence-corrected chi connectivity index (χ1v) is 6.81. The number of aryl methyl sites for hydroxylation is 1. The molecule has 0 radical (unpaired) electrons. The molecule has 1 saturated heterocycles. The van der Waals surface area contributed by atoms with Gasteiger partial charge in [0.05, 0.1) is 0 Å². The van der Waals surface area contributed by atoms with Crippen molar-refractivity contribution in [1.82, 2.24) is 15.0 Å². The van der Waals surface area contributed by atoms with Crippen molar-refractivity contribution in [3.8, 4) is 0 Å². The van der Waals surface area contributed by atoms with E-state index in [2.05, 4.69) is 22.3 Å². The van der Waals surface area contributed by atoms with Crippen LogP contribution in [0.15, 0.2) is 10.6 Å². The van der Waals surface area contributed by atoms with Gasteiger partial charge in [0.1, 0.15) is 12.2 Å². The van der Waals surface area contributed by atoms with Gasteiger partial charge in [0.2, 0.25) is 11.8 Å². The number of amides is 2.